The molecule has 0 saturated heterocycles. The average molecular weight is 287 g/mol. The van der Waals surface area contributed by atoms with E-state index in [0.717, 1.165) is 17.7 Å². The van der Waals surface area contributed by atoms with Crippen molar-refractivity contribution < 1.29 is 14.2 Å². The van der Waals surface area contributed by atoms with Crippen LogP contribution in [0.25, 0.3) is 0 Å². The van der Waals surface area contributed by atoms with Gasteiger partial charge in [0.15, 0.2) is 6.79 Å². The minimum absolute atomic E-state index is 0.0259. The molecule has 0 aliphatic heterocycles. The lowest BCUT2D eigenvalue weighted by molar-refractivity contribution is -0.00850. The van der Waals surface area contributed by atoms with Crippen LogP contribution in [0.4, 0.5) is 0 Å². The first-order valence-electron chi connectivity index (χ1n) is 6.57. The van der Waals surface area contributed by atoms with E-state index in [1.54, 1.807) is 7.11 Å². The topological polar surface area (TPSA) is 27.7 Å². The highest BCUT2D eigenvalue weighted by molar-refractivity contribution is 6.20. The maximum Gasteiger partial charge on any atom is 0.189 e. The van der Waals surface area contributed by atoms with E-state index in [4.69, 9.17) is 25.8 Å². The standard InChI is InChI=1S/C15H23ClO3/c1-12(2)9-15(16)13-5-4-6-14(10-13)19-11-18-8-7-17-3/h4-6,10,12,15H,7-9,11H2,1-3H3. The molecule has 0 spiro atoms. The van der Waals surface area contributed by atoms with Crippen molar-refractivity contribution in [3.63, 3.8) is 0 Å². The molecule has 0 aliphatic carbocycles. The molecule has 0 aliphatic rings. The fourth-order valence-electron chi connectivity index (χ4n) is 1.66. The Bertz CT molecular complexity index is 355. The molecule has 0 bridgehead atoms. The minimum Gasteiger partial charge on any atom is -0.468 e. The summed E-state index contributed by atoms with van der Waals surface area (Å²) in [6.45, 7) is 5.66. The number of rotatable bonds is 9. The molecule has 0 radical (unpaired) electrons. The molecule has 3 nitrogen and oxygen atoms in total. The van der Waals surface area contributed by atoms with Gasteiger partial charge in [-0.25, -0.2) is 0 Å². The molecule has 1 aromatic carbocycles. The molecular formula is C15H23ClO3. The number of halogens is 1. The summed E-state index contributed by atoms with van der Waals surface area (Å²) in [4.78, 5) is 0. The molecule has 0 aromatic heterocycles. The van der Waals surface area contributed by atoms with Gasteiger partial charge in [0.2, 0.25) is 0 Å². The van der Waals surface area contributed by atoms with Crippen LogP contribution in [0, 0.1) is 5.92 Å². The molecule has 1 rings (SSSR count). The van der Waals surface area contributed by atoms with Crippen LogP contribution in [0.5, 0.6) is 5.75 Å². The predicted molar refractivity (Wildman–Crippen MR) is 77.8 cm³/mol. The Morgan fingerprint density at radius 2 is 2.00 bits per heavy atom. The second kappa shape index (κ2) is 9.18. The highest BCUT2D eigenvalue weighted by Gasteiger charge is 2.10. The first-order chi connectivity index (χ1) is 9.13. The van der Waals surface area contributed by atoms with Crippen molar-refractivity contribution in [1.82, 2.24) is 0 Å². The summed E-state index contributed by atoms with van der Waals surface area (Å²) in [6, 6.07) is 7.86. The highest BCUT2D eigenvalue weighted by Crippen LogP contribution is 2.29. The van der Waals surface area contributed by atoms with Crippen molar-refractivity contribution in [3.8, 4) is 5.75 Å². The van der Waals surface area contributed by atoms with Crippen LogP contribution < -0.4 is 4.74 Å². The second-order valence-electron chi connectivity index (χ2n) is 4.83. The van der Waals surface area contributed by atoms with Crippen molar-refractivity contribution in [1.29, 1.82) is 0 Å². The van der Waals surface area contributed by atoms with Crippen LogP contribution >= 0.6 is 11.6 Å². The molecular weight excluding hydrogens is 264 g/mol. The summed E-state index contributed by atoms with van der Waals surface area (Å²) in [5.74, 6) is 1.36. The van der Waals surface area contributed by atoms with E-state index in [1.165, 1.54) is 0 Å². The van der Waals surface area contributed by atoms with E-state index in [2.05, 4.69) is 13.8 Å². The number of hydrogen-bond donors (Lipinski definition) is 0. The van der Waals surface area contributed by atoms with E-state index in [-0.39, 0.29) is 12.2 Å². The lowest BCUT2D eigenvalue weighted by atomic mass is 10.0. The van der Waals surface area contributed by atoms with E-state index in [0.29, 0.717) is 19.1 Å². The Balaban J connectivity index is 2.43. The van der Waals surface area contributed by atoms with Crippen LogP contribution in [0.3, 0.4) is 0 Å². The molecule has 19 heavy (non-hydrogen) atoms. The molecule has 1 aromatic rings. The van der Waals surface area contributed by atoms with Crippen molar-refractivity contribution in [2.45, 2.75) is 25.6 Å². The summed E-state index contributed by atoms with van der Waals surface area (Å²) in [5, 5.41) is 0.0259. The third kappa shape index (κ3) is 6.81. The molecule has 4 heteroatoms. The third-order valence-electron chi connectivity index (χ3n) is 2.64. The molecule has 108 valence electrons. The zero-order valence-corrected chi connectivity index (χ0v) is 12.7. The first-order valence-corrected chi connectivity index (χ1v) is 7.00. The zero-order chi connectivity index (χ0) is 14.1. The van der Waals surface area contributed by atoms with Gasteiger partial charge in [-0.05, 0) is 30.0 Å². The Labute approximate surface area is 120 Å². The molecule has 0 heterocycles. The van der Waals surface area contributed by atoms with Gasteiger partial charge in [0, 0.05) is 7.11 Å². The summed E-state index contributed by atoms with van der Waals surface area (Å²) in [6.07, 6.45) is 0.954. The van der Waals surface area contributed by atoms with E-state index >= 15 is 0 Å². The van der Waals surface area contributed by atoms with Gasteiger partial charge in [-0.3, -0.25) is 0 Å². The van der Waals surface area contributed by atoms with Gasteiger partial charge in [-0.2, -0.15) is 0 Å². The van der Waals surface area contributed by atoms with Crippen LogP contribution in [0.2, 0.25) is 0 Å². The number of methoxy groups -OCH3 is 1. The Hall–Kier alpha value is -0.770. The molecule has 0 N–H and O–H groups in total. The Morgan fingerprint density at radius 1 is 1.21 bits per heavy atom. The Morgan fingerprint density at radius 3 is 2.68 bits per heavy atom. The fraction of sp³-hybridized carbons (Fsp3) is 0.600. The lowest BCUT2D eigenvalue weighted by Crippen LogP contribution is -2.08. The zero-order valence-electron chi connectivity index (χ0n) is 11.9. The van der Waals surface area contributed by atoms with Gasteiger partial charge in [0.1, 0.15) is 5.75 Å². The van der Waals surface area contributed by atoms with Gasteiger partial charge >= 0.3 is 0 Å². The van der Waals surface area contributed by atoms with Crippen LogP contribution in [-0.2, 0) is 9.47 Å². The van der Waals surface area contributed by atoms with Gasteiger partial charge < -0.3 is 14.2 Å². The monoisotopic (exact) mass is 286 g/mol. The highest BCUT2D eigenvalue weighted by atomic mass is 35.5. The molecule has 1 unspecified atom stereocenters. The maximum atomic E-state index is 6.37. The summed E-state index contributed by atoms with van der Waals surface area (Å²) in [5.41, 5.74) is 1.09. The molecule has 1 atom stereocenters. The molecule has 0 amide bonds. The maximum absolute atomic E-state index is 6.37. The van der Waals surface area contributed by atoms with E-state index in [9.17, 15) is 0 Å². The summed E-state index contributed by atoms with van der Waals surface area (Å²) >= 11 is 6.37. The van der Waals surface area contributed by atoms with E-state index in [1.807, 2.05) is 24.3 Å². The largest absolute Gasteiger partial charge is 0.468 e. The number of hydrogen-bond acceptors (Lipinski definition) is 3. The quantitative estimate of drug-likeness (QED) is 0.390. The van der Waals surface area contributed by atoms with Gasteiger partial charge in [-0.1, -0.05) is 26.0 Å². The van der Waals surface area contributed by atoms with Crippen LogP contribution in [-0.4, -0.2) is 27.1 Å². The SMILES string of the molecule is COCCOCOc1cccc(C(Cl)CC(C)C)c1. The second-order valence-corrected chi connectivity index (χ2v) is 5.36. The van der Waals surface area contributed by atoms with Crippen molar-refractivity contribution >= 4 is 11.6 Å². The Kier molecular flexibility index (Phi) is 7.87. The smallest absolute Gasteiger partial charge is 0.189 e. The van der Waals surface area contributed by atoms with Crippen molar-refractivity contribution in [2.75, 3.05) is 27.1 Å². The number of ether oxygens (including phenoxy) is 3. The average Bonchev–Trinajstić information content (AvgIpc) is 2.38. The number of benzene rings is 1. The van der Waals surface area contributed by atoms with Gasteiger partial charge in [0.25, 0.3) is 0 Å². The predicted octanol–water partition coefficient (Wildman–Crippen LogP) is 4.01. The van der Waals surface area contributed by atoms with Gasteiger partial charge in [0.05, 0.1) is 18.6 Å². The lowest BCUT2D eigenvalue weighted by Gasteiger charge is -2.14. The summed E-state index contributed by atoms with van der Waals surface area (Å²) < 4.78 is 15.7. The summed E-state index contributed by atoms with van der Waals surface area (Å²) in [7, 11) is 1.64. The fourth-order valence-corrected chi connectivity index (χ4v) is 2.15. The van der Waals surface area contributed by atoms with Crippen molar-refractivity contribution in [3.05, 3.63) is 29.8 Å². The minimum atomic E-state index is 0.0259. The first kappa shape index (κ1) is 16.3. The van der Waals surface area contributed by atoms with Gasteiger partial charge in [-0.15, -0.1) is 11.6 Å². The van der Waals surface area contributed by atoms with E-state index < -0.39 is 0 Å². The normalized spacial score (nSPS) is 12.7. The number of alkyl halides is 1. The molecule has 0 saturated carbocycles. The van der Waals surface area contributed by atoms with Crippen molar-refractivity contribution in [2.24, 2.45) is 5.92 Å². The molecule has 0 fully saturated rings. The third-order valence-corrected chi connectivity index (χ3v) is 3.07. The van der Waals surface area contributed by atoms with Crippen LogP contribution in [0.15, 0.2) is 24.3 Å². The van der Waals surface area contributed by atoms with Crippen LogP contribution in [0.1, 0.15) is 31.2 Å².